The fourth-order valence-corrected chi connectivity index (χ4v) is 3.72. The van der Waals surface area contributed by atoms with E-state index >= 15 is 0 Å². The van der Waals surface area contributed by atoms with E-state index in [1.54, 1.807) is 12.1 Å². The van der Waals surface area contributed by atoms with Crippen LogP contribution in [0.5, 0.6) is 0 Å². The van der Waals surface area contributed by atoms with Crippen molar-refractivity contribution < 1.29 is 9.72 Å². The number of nitro groups is 1. The molecule has 0 aliphatic heterocycles. The zero-order chi connectivity index (χ0) is 17.8. The maximum absolute atomic E-state index is 11.8. The first-order valence-corrected chi connectivity index (χ1v) is 8.56. The highest BCUT2D eigenvalue weighted by Crippen LogP contribution is 2.42. The van der Waals surface area contributed by atoms with E-state index < -0.39 is 12.0 Å². The molecule has 2 aromatic carbocycles. The molecule has 0 fully saturated rings. The van der Waals surface area contributed by atoms with E-state index in [9.17, 15) is 14.9 Å². The first kappa shape index (κ1) is 17.4. The molecule has 128 valence electrons. The SMILES string of the molecule is O=CC[C@@H]1C=C(c2ccccc2)C[C@H](c2ccc(Cl)cc2)[C@H]1[N+](=O)[O-]. The van der Waals surface area contributed by atoms with Crippen molar-refractivity contribution in [1.82, 2.24) is 0 Å². The Morgan fingerprint density at radius 3 is 2.40 bits per heavy atom. The van der Waals surface area contributed by atoms with Crippen molar-refractivity contribution in [3.05, 3.63) is 86.9 Å². The Hall–Kier alpha value is -2.46. The second-order valence-electron chi connectivity index (χ2n) is 6.26. The van der Waals surface area contributed by atoms with Crippen LogP contribution >= 0.6 is 11.6 Å². The van der Waals surface area contributed by atoms with E-state index in [1.165, 1.54) is 0 Å². The lowest BCUT2D eigenvalue weighted by Gasteiger charge is -2.31. The van der Waals surface area contributed by atoms with Gasteiger partial charge in [-0.25, -0.2) is 0 Å². The molecule has 0 N–H and O–H groups in total. The van der Waals surface area contributed by atoms with Gasteiger partial charge in [0, 0.05) is 16.4 Å². The van der Waals surface area contributed by atoms with Crippen LogP contribution in [0, 0.1) is 16.0 Å². The molecule has 0 spiro atoms. The number of carbonyl (C=O) groups excluding carboxylic acids is 1. The quantitative estimate of drug-likeness (QED) is 0.441. The van der Waals surface area contributed by atoms with Crippen LogP contribution in [-0.4, -0.2) is 17.3 Å². The van der Waals surface area contributed by atoms with Crippen LogP contribution in [-0.2, 0) is 4.79 Å². The van der Waals surface area contributed by atoms with Gasteiger partial charge in [-0.15, -0.1) is 0 Å². The van der Waals surface area contributed by atoms with Gasteiger partial charge in [-0.3, -0.25) is 10.1 Å². The summed E-state index contributed by atoms with van der Waals surface area (Å²) in [4.78, 5) is 22.6. The number of aldehydes is 1. The lowest BCUT2D eigenvalue weighted by atomic mass is 9.72. The molecule has 3 atom stereocenters. The summed E-state index contributed by atoms with van der Waals surface area (Å²) in [6.07, 6.45) is 3.38. The molecule has 3 rings (SSSR count). The first-order valence-electron chi connectivity index (χ1n) is 8.19. The van der Waals surface area contributed by atoms with Gasteiger partial charge in [0.05, 0.1) is 11.8 Å². The van der Waals surface area contributed by atoms with Crippen LogP contribution in [0.4, 0.5) is 0 Å². The largest absolute Gasteiger partial charge is 0.303 e. The standard InChI is InChI=1S/C20H18ClNO3/c21-18-8-6-15(7-9-18)19-13-17(14-4-2-1-3-5-14)12-16(10-11-23)20(19)22(24)25/h1-9,11-12,16,19-20H,10,13H2/t16-,19-,20+/m1/s1. The monoisotopic (exact) mass is 355 g/mol. The molecule has 0 saturated carbocycles. The van der Waals surface area contributed by atoms with Crippen LogP contribution in [0.2, 0.25) is 5.02 Å². The van der Waals surface area contributed by atoms with Gasteiger partial charge >= 0.3 is 0 Å². The molecule has 0 unspecified atom stereocenters. The average Bonchev–Trinajstić information content (AvgIpc) is 2.62. The fraction of sp³-hybridized carbons (Fsp3) is 0.250. The minimum atomic E-state index is -0.821. The molecule has 0 heterocycles. The molecule has 5 heteroatoms. The second-order valence-corrected chi connectivity index (χ2v) is 6.70. The van der Waals surface area contributed by atoms with E-state index in [0.29, 0.717) is 11.4 Å². The number of allylic oxidation sites excluding steroid dienone is 1. The number of carbonyl (C=O) groups is 1. The van der Waals surface area contributed by atoms with Crippen LogP contribution in [0.15, 0.2) is 60.7 Å². The van der Waals surface area contributed by atoms with Gasteiger partial charge in [-0.1, -0.05) is 60.1 Å². The van der Waals surface area contributed by atoms with E-state index in [4.69, 9.17) is 11.6 Å². The number of hydrogen-bond donors (Lipinski definition) is 0. The van der Waals surface area contributed by atoms with Gasteiger partial charge in [0.15, 0.2) is 0 Å². The maximum Gasteiger partial charge on any atom is 0.226 e. The Labute approximate surface area is 151 Å². The molecule has 0 saturated heterocycles. The van der Waals surface area contributed by atoms with Gasteiger partial charge in [0.2, 0.25) is 6.04 Å². The van der Waals surface area contributed by atoms with Gasteiger partial charge in [0.1, 0.15) is 6.29 Å². The van der Waals surface area contributed by atoms with Gasteiger partial charge in [0.25, 0.3) is 0 Å². The summed E-state index contributed by atoms with van der Waals surface area (Å²) in [5, 5.41) is 12.4. The van der Waals surface area contributed by atoms with Crippen molar-refractivity contribution in [3.8, 4) is 0 Å². The van der Waals surface area contributed by atoms with Crippen LogP contribution in [0.1, 0.15) is 29.9 Å². The Morgan fingerprint density at radius 2 is 1.80 bits per heavy atom. The Kier molecular flexibility index (Phi) is 5.29. The van der Waals surface area contributed by atoms with Crippen molar-refractivity contribution in [3.63, 3.8) is 0 Å². The number of halogens is 1. The van der Waals surface area contributed by atoms with Crippen LogP contribution < -0.4 is 0 Å². The molecule has 4 nitrogen and oxygen atoms in total. The fourth-order valence-electron chi connectivity index (χ4n) is 3.59. The number of nitrogens with zero attached hydrogens (tertiary/aromatic N) is 1. The zero-order valence-electron chi connectivity index (χ0n) is 13.5. The van der Waals surface area contributed by atoms with E-state index in [0.717, 1.165) is 23.0 Å². The lowest BCUT2D eigenvalue weighted by molar-refractivity contribution is -0.534. The summed E-state index contributed by atoms with van der Waals surface area (Å²) in [7, 11) is 0. The summed E-state index contributed by atoms with van der Waals surface area (Å²) in [5.41, 5.74) is 2.97. The zero-order valence-corrected chi connectivity index (χ0v) is 14.3. The summed E-state index contributed by atoms with van der Waals surface area (Å²) in [6.45, 7) is 0. The second kappa shape index (κ2) is 7.62. The molecule has 25 heavy (non-hydrogen) atoms. The summed E-state index contributed by atoms with van der Waals surface area (Å²) in [5.74, 6) is -0.713. The van der Waals surface area contributed by atoms with Gasteiger partial charge < -0.3 is 4.79 Å². The summed E-state index contributed by atoms with van der Waals surface area (Å²) >= 11 is 5.96. The van der Waals surface area contributed by atoms with Crippen molar-refractivity contribution in [2.45, 2.75) is 24.8 Å². The Morgan fingerprint density at radius 1 is 1.12 bits per heavy atom. The minimum absolute atomic E-state index is 0.145. The van der Waals surface area contributed by atoms with Crippen LogP contribution in [0.25, 0.3) is 5.57 Å². The minimum Gasteiger partial charge on any atom is -0.303 e. The van der Waals surface area contributed by atoms with E-state index in [2.05, 4.69) is 0 Å². The average molecular weight is 356 g/mol. The Bertz CT molecular complexity index is 786. The van der Waals surface area contributed by atoms with Gasteiger partial charge in [-0.05, 0) is 35.3 Å². The van der Waals surface area contributed by atoms with E-state index in [-0.39, 0.29) is 17.3 Å². The summed E-state index contributed by atoms with van der Waals surface area (Å²) < 4.78 is 0. The highest BCUT2D eigenvalue weighted by atomic mass is 35.5. The third kappa shape index (κ3) is 3.80. The third-order valence-corrected chi connectivity index (χ3v) is 5.01. The normalized spacial score (nSPS) is 22.9. The van der Waals surface area contributed by atoms with Crippen molar-refractivity contribution in [2.75, 3.05) is 0 Å². The molecule has 1 aliphatic rings. The molecule has 0 aromatic heterocycles. The number of hydrogen-bond acceptors (Lipinski definition) is 3. The molecule has 0 radical (unpaired) electrons. The highest BCUT2D eigenvalue weighted by Gasteiger charge is 2.42. The molecule has 2 aromatic rings. The lowest BCUT2D eigenvalue weighted by Crippen LogP contribution is -2.37. The number of rotatable bonds is 5. The highest BCUT2D eigenvalue weighted by molar-refractivity contribution is 6.30. The molecule has 1 aliphatic carbocycles. The summed E-state index contributed by atoms with van der Waals surface area (Å²) in [6, 6.07) is 16.2. The molecular formula is C20H18ClNO3. The molecule has 0 amide bonds. The molecular weight excluding hydrogens is 338 g/mol. The van der Waals surface area contributed by atoms with Gasteiger partial charge in [-0.2, -0.15) is 0 Å². The number of benzene rings is 2. The van der Waals surface area contributed by atoms with Crippen molar-refractivity contribution in [2.24, 2.45) is 5.92 Å². The first-order chi connectivity index (χ1) is 12.1. The van der Waals surface area contributed by atoms with E-state index in [1.807, 2.05) is 48.5 Å². The predicted molar refractivity (Wildman–Crippen MR) is 98.2 cm³/mol. The maximum atomic E-state index is 11.8. The Balaban J connectivity index is 2.05. The van der Waals surface area contributed by atoms with Crippen molar-refractivity contribution in [1.29, 1.82) is 0 Å². The topological polar surface area (TPSA) is 60.2 Å². The van der Waals surface area contributed by atoms with Crippen LogP contribution in [0.3, 0.4) is 0 Å². The predicted octanol–water partition coefficient (Wildman–Crippen LogP) is 4.76. The van der Waals surface area contributed by atoms with Crippen molar-refractivity contribution >= 4 is 23.5 Å². The smallest absolute Gasteiger partial charge is 0.226 e. The molecule has 0 bridgehead atoms. The third-order valence-electron chi connectivity index (χ3n) is 4.76.